The average Bonchev–Trinajstić information content (AvgIpc) is 3.48. The summed E-state index contributed by atoms with van der Waals surface area (Å²) in [6.07, 6.45) is 1.67. The number of likely N-dealkylation sites (tertiary alicyclic amines) is 1. The summed E-state index contributed by atoms with van der Waals surface area (Å²) in [5.74, 6) is -0.463. The number of amides is 2. The number of nitriles is 1. The molecule has 2 saturated heterocycles. The Balaban J connectivity index is 1.40. The van der Waals surface area contributed by atoms with Gasteiger partial charge in [-0.05, 0) is 75.4 Å². The lowest BCUT2D eigenvalue weighted by atomic mass is 10.0. The van der Waals surface area contributed by atoms with E-state index >= 15 is 0 Å². The fourth-order valence-electron chi connectivity index (χ4n) is 4.70. The Hall–Kier alpha value is -3.60. The molecular weight excluding hydrogens is 447 g/mol. The molecule has 2 amide bonds. The molecule has 0 aromatic heterocycles. The van der Waals surface area contributed by atoms with E-state index in [1.165, 1.54) is 17.0 Å². The number of nitrogens with one attached hydrogen (secondary N) is 1. The van der Waals surface area contributed by atoms with Crippen molar-refractivity contribution in [3.63, 3.8) is 0 Å². The van der Waals surface area contributed by atoms with Gasteiger partial charge in [-0.2, -0.15) is 5.26 Å². The first kappa shape index (κ1) is 24.5. The molecule has 0 bridgehead atoms. The van der Waals surface area contributed by atoms with Crippen LogP contribution in [0.4, 0.5) is 14.9 Å². The zero-order chi connectivity index (χ0) is 25.2. The Bertz CT molecular complexity index is 1140. The molecule has 0 unspecified atom stereocenters. The third-order valence-electron chi connectivity index (χ3n) is 6.35. The van der Waals surface area contributed by atoms with Crippen molar-refractivity contribution in [2.24, 2.45) is 0 Å². The fourth-order valence-corrected chi connectivity index (χ4v) is 4.70. The van der Waals surface area contributed by atoms with Gasteiger partial charge in [0.25, 0.3) is 0 Å². The number of benzene rings is 2. The second-order valence-electron chi connectivity index (χ2n) is 10.1. The van der Waals surface area contributed by atoms with Gasteiger partial charge in [-0.15, -0.1) is 0 Å². The van der Waals surface area contributed by atoms with E-state index in [2.05, 4.69) is 16.3 Å². The van der Waals surface area contributed by atoms with Crippen molar-refractivity contribution in [1.29, 1.82) is 5.26 Å². The van der Waals surface area contributed by atoms with E-state index in [0.717, 1.165) is 29.7 Å². The SMILES string of the molecule is CC(C)(C)OC(=O)N1CCC[C@H]1C(=O)N[C@H]1CCN(c2ccc(-c3ccc(F)cc3)cc2C#N)C1. The number of ether oxygens (including phenoxy) is 1. The highest BCUT2D eigenvalue weighted by atomic mass is 19.1. The molecule has 0 spiro atoms. The van der Waals surface area contributed by atoms with Gasteiger partial charge in [-0.25, -0.2) is 9.18 Å². The van der Waals surface area contributed by atoms with Crippen molar-refractivity contribution >= 4 is 17.7 Å². The first-order valence-electron chi connectivity index (χ1n) is 12.0. The topological polar surface area (TPSA) is 85.7 Å². The largest absolute Gasteiger partial charge is 0.444 e. The Morgan fingerprint density at radius 2 is 1.80 bits per heavy atom. The van der Waals surface area contributed by atoms with Crippen molar-refractivity contribution in [1.82, 2.24) is 10.2 Å². The molecule has 2 aliphatic rings. The van der Waals surface area contributed by atoms with Crippen LogP contribution in [0.5, 0.6) is 0 Å². The highest BCUT2D eigenvalue weighted by Crippen LogP contribution is 2.30. The normalized spacial score (nSPS) is 20.0. The molecule has 2 atom stereocenters. The number of carbonyl (C=O) groups excluding carboxylic acids is 2. The van der Waals surface area contributed by atoms with Crippen LogP contribution in [0.3, 0.4) is 0 Å². The maximum atomic E-state index is 13.3. The van der Waals surface area contributed by atoms with Crippen molar-refractivity contribution in [2.45, 2.75) is 57.7 Å². The lowest BCUT2D eigenvalue weighted by Crippen LogP contribution is -2.50. The van der Waals surface area contributed by atoms with Crippen LogP contribution < -0.4 is 10.2 Å². The molecule has 2 aliphatic heterocycles. The number of hydrogen-bond acceptors (Lipinski definition) is 5. The van der Waals surface area contributed by atoms with Gasteiger partial charge in [-0.3, -0.25) is 9.69 Å². The first-order chi connectivity index (χ1) is 16.6. The van der Waals surface area contributed by atoms with Crippen LogP contribution in [-0.2, 0) is 9.53 Å². The minimum atomic E-state index is -0.614. The van der Waals surface area contributed by atoms with Crippen molar-refractivity contribution in [3.8, 4) is 17.2 Å². The van der Waals surface area contributed by atoms with Crippen LogP contribution in [0.15, 0.2) is 42.5 Å². The number of carbonyl (C=O) groups is 2. The zero-order valence-corrected chi connectivity index (χ0v) is 20.4. The molecule has 4 rings (SSSR count). The summed E-state index contributed by atoms with van der Waals surface area (Å²) in [5.41, 5.74) is 2.42. The summed E-state index contributed by atoms with van der Waals surface area (Å²) >= 11 is 0. The van der Waals surface area contributed by atoms with E-state index < -0.39 is 17.7 Å². The first-order valence-corrected chi connectivity index (χ1v) is 12.0. The van der Waals surface area contributed by atoms with Crippen molar-refractivity contribution < 1.29 is 18.7 Å². The summed E-state index contributed by atoms with van der Waals surface area (Å²) in [7, 11) is 0. The summed E-state index contributed by atoms with van der Waals surface area (Å²) in [6, 6.07) is 13.5. The van der Waals surface area contributed by atoms with Crippen LogP contribution in [0, 0.1) is 17.1 Å². The molecule has 2 aromatic rings. The van der Waals surface area contributed by atoms with Crippen molar-refractivity contribution in [3.05, 3.63) is 53.8 Å². The standard InChI is InChI=1S/C27H31FN4O3/c1-27(2,3)35-26(34)32-13-4-5-24(32)25(33)30-22-12-14-31(17-22)23-11-8-19(15-20(23)16-29)18-6-9-21(28)10-7-18/h6-11,15,22,24H,4-5,12-14,17H2,1-3H3,(H,30,33)/t22-,24-/m0/s1. The molecule has 2 aromatic carbocycles. The lowest BCUT2D eigenvalue weighted by molar-refractivity contribution is -0.126. The molecule has 8 heteroatoms. The Kier molecular flexibility index (Phi) is 6.97. The van der Waals surface area contributed by atoms with Crippen molar-refractivity contribution in [2.75, 3.05) is 24.5 Å². The van der Waals surface area contributed by atoms with Crippen LogP contribution in [0.1, 0.15) is 45.6 Å². The lowest BCUT2D eigenvalue weighted by Gasteiger charge is -2.28. The summed E-state index contributed by atoms with van der Waals surface area (Å²) in [5, 5.41) is 12.9. The van der Waals surface area contributed by atoms with Crippen LogP contribution >= 0.6 is 0 Å². The molecule has 2 heterocycles. The molecule has 35 heavy (non-hydrogen) atoms. The molecule has 1 N–H and O–H groups in total. The molecule has 2 fully saturated rings. The van der Waals surface area contributed by atoms with Gasteiger partial charge in [0.15, 0.2) is 0 Å². The highest BCUT2D eigenvalue weighted by Gasteiger charge is 2.38. The van der Waals surface area contributed by atoms with E-state index in [9.17, 15) is 19.2 Å². The average molecular weight is 479 g/mol. The third kappa shape index (κ3) is 5.73. The van der Waals surface area contributed by atoms with Gasteiger partial charge in [-0.1, -0.05) is 18.2 Å². The molecule has 0 radical (unpaired) electrons. The minimum Gasteiger partial charge on any atom is -0.444 e. The quantitative estimate of drug-likeness (QED) is 0.701. The van der Waals surface area contributed by atoms with E-state index in [4.69, 9.17) is 4.74 Å². The number of hydrogen-bond donors (Lipinski definition) is 1. The van der Waals surface area contributed by atoms with Gasteiger partial charge < -0.3 is 15.0 Å². The third-order valence-corrected chi connectivity index (χ3v) is 6.35. The van der Waals surface area contributed by atoms with Crippen LogP contribution in [0.2, 0.25) is 0 Å². The minimum absolute atomic E-state index is 0.0769. The molecule has 184 valence electrons. The number of anilines is 1. The Morgan fingerprint density at radius 3 is 2.49 bits per heavy atom. The summed E-state index contributed by atoms with van der Waals surface area (Å²) in [4.78, 5) is 29.2. The predicted octanol–water partition coefficient (Wildman–Crippen LogP) is 4.46. The van der Waals surface area contributed by atoms with Gasteiger partial charge in [0.2, 0.25) is 5.91 Å². The number of nitrogens with zero attached hydrogens (tertiary/aromatic N) is 3. The molecular formula is C27H31FN4O3. The number of halogens is 1. The van der Waals surface area contributed by atoms with E-state index in [0.29, 0.717) is 31.6 Å². The van der Waals surface area contributed by atoms with E-state index in [-0.39, 0.29) is 17.8 Å². The number of rotatable bonds is 4. The maximum absolute atomic E-state index is 13.3. The smallest absolute Gasteiger partial charge is 0.410 e. The molecule has 0 aliphatic carbocycles. The maximum Gasteiger partial charge on any atom is 0.410 e. The van der Waals surface area contributed by atoms with Gasteiger partial charge in [0.05, 0.1) is 11.3 Å². The summed E-state index contributed by atoms with van der Waals surface area (Å²) < 4.78 is 18.7. The Morgan fingerprint density at radius 1 is 1.09 bits per heavy atom. The van der Waals surface area contributed by atoms with E-state index in [1.807, 2.05) is 39.0 Å². The molecule has 0 saturated carbocycles. The predicted molar refractivity (Wildman–Crippen MR) is 131 cm³/mol. The van der Waals surface area contributed by atoms with Crippen LogP contribution in [0.25, 0.3) is 11.1 Å². The summed E-state index contributed by atoms with van der Waals surface area (Å²) in [6.45, 7) is 7.22. The highest BCUT2D eigenvalue weighted by molar-refractivity contribution is 5.86. The zero-order valence-electron chi connectivity index (χ0n) is 20.4. The monoisotopic (exact) mass is 478 g/mol. The fraction of sp³-hybridized carbons (Fsp3) is 0.444. The molecule has 7 nitrogen and oxygen atoms in total. The van der Waals surface area contributed by atoms with Gasteiger partial charge in [0.1, 0.15) is 23.5 Å². The second kappa shape index (κ2) is 9.95. The second-order valence-corrected chi connectivity index (χ2v) is 10.1. The van der Waals surface area contributed by atoms with Gasteiger partial charge >= 0.3 is 6.09 Å². The van der Waals surface area contributed by atoms with Gasteiger partial charge in [0, 0.05) is 25.7 Å². The van der Waals surface area contributed by atoms with Crippen LogP contribution in [-0.4, -0.2) is 54.2 Å². The Labute approximate surface area is 205 Å². The van der Waals surface area contributed by atoms with E-state index in [1.54, 1.807) is 12.1 Å².